The molecule has 1 aromatic carbocycles. The molecule has 134 valence electrons. The fourth-order valence-electron chi connectivity index (χ4n) is 2.50. The van der Waals surface area contributed by atoms with E-state index in [1.807, 2.05) is 19.9 Å². The number of nitrogens with one attached hydrogen (secondary N) is 1. The first kappa shape index (κ1) is 17.5. The van der Waals surface area contributed by atoms with Gasteiger partial charge in [-0.15, -0.1) is 0 Å². The van der Waals surface area contributed by atoms with E-state index < -0.39 is 12.5 Å². The molecule has 0 saturated heterocycles. The highest BCUT2D eigenvalue weighted by Crippen LogP contribution is 2.22. The first-order valence-corrected chi connectivity index (χ1v) is 7.79. The van der Waals surface area contributed by atoms with Crippen LogP contribution in [0.5, 0.6) is 5.75 Å². The number of alkyl halides is 2. The van der Waals surface area contributed by atoms with Gasteiger partial charge >= 0.3 is 6.61 Å². The molecule has 0 bridgehead atoms. The van der Waals surface area contributed by atoms with E-state index in [9.17, 15) is 13.6 Å². The van der Waals surface area contributed by atoms with Crippen LogP contribution in [0.2, 0.25) is 0 Å². The van der Waals surface area contributed by atoms with E-state index in [0.717, 1.165) is 11.4 Å². The Balaban J connectivity index is 1.77. The van der Waals surface area contributed by atoms with E-state index in [4.69, 9.17) is 0 Å². The second kappa shape index (κ2) is 7.30. The third-order valence-electron chi connectivity index (χ3n) is 3.58. The molecule has 6 nitrogen and oxygen atoms in total. The van der Waals surface area contributed by atoms with E-state index >= 15 is 0 Å². The number of rotatable bonds is 5. The Bertz CT molecular complexity index is 923. The van der Waals surface area contributed by atoms with E-state index in [0.29, 0.717) is 11.5 Å². The molecule has 1 N–H and O–H groups in total. The standard InChI is InChI=1S/C18H16F2N4O2/c1-11-9-12(2)24(23-11)16-8-7-13(10-21-16)22-17(25)14-5-3-4-6-15(14)26-18(19)20/h3-10,18H,1-2H3,(H,22,25). The lowest BCUT2D eigenvalue weighted by atomic mass is 10.2. The van der Waals surface area contributed by atoms with Crippen LogP contribution in [0.4, 0.5) is 14.5 Å². The predicted molar refractivity (Wildman–Crippen MR) is 91.9 cm³/mol. The van der Waals surface area contributed by atoms with Gasteiger partial charge < -0.3 is 10.1 Å². The Morgan fingerprint density at radius 2 is 1.96 bits per heavy atom. The monoisotopic (exact) mass is 358 g/mol. The van der Waals surface area contributed by atoms with Crippen LogP contribution in [-0.4, -0.2) is 27.3 Å². The number of anilines is 1. The van der Waals surface area contributed by atoms with Gasteiger partial charge in [0.2, 0.25) is 0 Å². The van der Waals surface area contributed by atoms with Crippen molar-refractivity contribution in [2.24, 2.45) is 0 Å². The molecule has 0 spiro atoms. The van der Waals surface area contributed by atoms with Gasteiger partial charge in [0.05, 0.1) is 23.1 Å². The fourth-order valence-corrected chi connectivity index (χ4v) is 2.50. The van der Waals surface area contributed by atoms with Crippen molar-refractivity contribution in [3.8, 4) is 11.6 Å². The summed E-state index contributed by atoms with van der Waals surface area (Å²) in [4.78, 5) is 16.6. The molecule has 0 unspecified atom stereocenters. The number of halogens is 2. The number of hydrogen-bond acceptors (Lipinski definition) is 4. The number of aromatic nitrogens is 3. The van der Waals surface area contributed by atoms with Gasteiger partial charge in [0, 0.05) is 5.69 Å². The predicted octanol–water partition coefficient (Wildman–Crippen LogP) is 3.74. The van der Waals surface area contributed by atoms with Crippen molar-refractivity contribution >= 4 is 11.6 Å². The van der Waals surface area contributed by atoms with Crippen molar-refractivity contribution in [1.82, 2.24) is 14.8 Å². The highest BCUT2D eigenvalue weighted by Gasteiger charge is 2.15. The van der Waals surface area contributed by atoms with Crippen LogP contribution in [-0.2, 0) is 0 Å². The molecule has 0 atom stereocenters. The summed E-state index contributed by atoms with van der Waals surface area (Å²) in [6, 6.07) is 11.1. The number of pyridine rings is 1. The van der Waals surface area contributed by atoms with Gasteiger partial charge in [0.15, 0.2) is 5.82 Å². The summed E-state index contributed by atoms with van der Waals surface area (Å²) in [6.45, 7) is 0.791. The van der Waals surface area contributed by atoms with E-state index in [1.165, 1.54) is 24.4 Å². The molecule has 3 aromatic rings. The zero-order chi connectivity index (χ0) is 18.7. The molecule has 0 saturated carbocycles. The second-order valence-electron chi connectivity index (χ2n) is 5.57. The van der Waals surface area contributed by atoms with Gasteiger partial charge in [-0.1, -0.05) is 12.1 Å². The molecule has 0 aliphatic rings. The van der Waals surface area contributed by atoms with Crippen LogP contribution in [0.3, 0.4) is 0 Å². The lowest BCUT2D eigenvalue weighted by Crippen LogP contribution is -2.15. The van der Waals surface area contributed by atoms with E-state index in [-0.39, 0.29) is 11.3 Å². The smallest absolute Gasteiger partial charge is 0.387 e. The maximum absolute atomic E-state index is 12.5. The third-order valence-corrected chi connectivity index (χ3v) is 3.58. The van der Waals surface area contributed by atoms with Gasteiger partial charge in [-0.2, -0.15) is 13.9 Å². The average molecular weight is 358 g/mol. The highest BCUT2D eigenvalue weighted by atomic mass is 19.3. The molecule has 1 amide bonds. The van der Waals surface area contributed by atoms with Crippen LogP contribution >= 0.6 is 0 Å². The highest BCUT2D eigenvalue weighted by molar-refractivity contribution is 6.06. The van der Waals surface area contributed by atoms with Crippen LogP contribution in [0.25, 0.3) is 5.82 Å². The molecule has 2 heterocycles. The van der Waals surface area contributed by atoms with Gasteiger partial charge in [-0.25, -0.2) is 9.67 Å². The van der Waals surface area contributed by atoms with Crippen LogP contribution < -0.4 is 10.1 Å². The minimum atomic E-state index is -3.01. The maximum Gasteiger partial charge on any atom is 0.387 e. The molecule has 3 rings (SSSR count). The van der Waals surface area contributed by atoms with Crippen molar-refractivity contribution < 1.29 is 18.3 Å². The number of hydrogen-bond donors (Lipinski definition) is 1. The fraction of sp³-hybridized carbons (Fsp3) is 0.167. The van der Waals surface area contributed by atoms with Crippen LogP contribution in [0, 0.1) is 13.8 Å². The number of nitrogens with zero attached hydrogens (tertiary/aromatic N) is 3. The Labute approximate surface area is 148 Å². The largest absolute Gasteiger partial charge is 0.434 e. The first-order chi connectivity index (χ1) is 12.4. The molecular formula is C18H16F2N4O2. The number of para-hydroxylation sites is 1. The van der Waals surface area contributed by atoms with E-state index in [1.54, 1.807) is 22.9 Å². The van der Waals surface area contributed by atoms with Crippen molar-refractivity contribution in [3.05, 3.63) is 65.6 Å². The zero-order valence-corrected chi connectivity index (χ0v) is 14.1. The number of benzene rings is 1. The Morgan fingerprint density at radius 3 is 2.58 bits per heavy atom. The minimum Gasteiger partial charge on any atom is -0.434 e. The Kier molecular flexibility index (Phi) is 4.92. The summed E-state index contributed by atoms with van der Waals surface area (Å²) in [7, 11) is 0. The summed E-state index contributed by atoms with van der Waals surface area (Å²) in [5.74, 6) is -0.149. The summed E-state index contributed by atoms with van der Waals surface area (Å²) < 4.78 is 31.0. The van der Waals surface area contributed by atoms with Crippen molar-refractivity contribution in [1.29, 1.82) is 0 Å². The summed E-state index contributed by atoms with van der Waals surface area (Å²) in [5, 5.41) is 6.95. The van der Waals surface area contributed by atoms with Crippen molar-refractivity contribution in [3.63, 3.8) is 0 Å². The third kappa shape index (κ3) is 3.85. The number of amides is 1. The van der Waals surface area contributed by atoms with Crippen LogP contribution in [0.15, 0.2) is 48.7 Å². The van der Waals surface area contributed by atoms with Gasteiger partial charge in [-0.3, -0.25) is 4.79 Å². The van der Waals surface area contributed by atoms with Crippen molar-refractivity contribution in [2.75, 3.05) is 5.32 Å². The summed E-state index contributed by atoms with van der Waals surface area (Å²) in [5.41, 5.74) is 2.24. The van der Waals surface area contributed by atoms with E-state index in [2.05, 4.69) is 20.1 Å². The Morgan fingerprint density at radius 1 is 1.19 bits per heavy atom. The molecular weight excluding hydrogens is 342 g/mol. The summed E-state index contributed by atoms with van der Waals surface area (Å²) in [6.07, 6.45) is 1.47. The molecule has 26 heavy (non-hydrogen) atoms. The summed E-state index contributed by atoms with van der Waals surface area (Å²) >= 11 is 0. The topological polar surface area (TPSA) is 69.0 Å². The number of ether oxygens (including phenoxy) is 1. The second-order valence-corrected chi connectivity index (χ2v) is 5.57. The number of carbonyl (C=O) groups is 1. The number of carbonyl (C=O) groups excluding carboxylic acids is 1. The Hall–Kier alpha value is -3.29. The molecule has 0 aliphatic carbocycles. The van der Waals surface area contributed by atoms with Crippen molar-refractivity contribution in [2.45, 2.75) is 20.5 Å². The quantitative estimate of drug-likeness (QED) is 0.754. The zero-order valence-electron chi connectivity index (χ0n) is 14.1. The maximum atomic E-state index is 12.5. The van der Waals surface area contributed by atoms with Gasteiger partial charge in [0.25, 0.3) is 5.91 Å². The molecule has 2 aromatic heterocycles. The normalized spacial score (nSPS) is 10.8. The lowest BCUT2D eigenvalue weighted by Gasteiger charge is -2.11. The SMILES string of the molecule is Cc1cc(C)n(-c2ccc(NC(=O)c3ccccc3OC(F)F)cn2)n1. The lowest BCUT2D eigenvalue weighted by molar-refractivity contribution is -0.0501. The number of aryl methyl sites for hydroxylation is 2. The molecule has 0 fully saturated rings. The van der Waals surface area contributed by atoms with Crippen LogP contribution in [0.1, 0.15) is 21.7 Å². The molecule has 0 radical (unpaired) electrons. The van der Waals surface area contributed by atoms with Gasteiger partial charge in [0.1, 0.15) is 5.75 Å². The minimum absolute atomic E-state index is 0.00965. The molecule has 8 heteroatoms. The molecule has 0 aliphatic heterocycles. The van der Waals surface area contributed by atoms with Gasteiger partial charge in [-0.05, 0) is 44.2 Å². The average Bonchev–Trinajstić information content (AvgIpc) is 2.94. The first-order valence-electron chi connectivity index (χ1n) is 7.79.